The molecule has 3 aromatic rings. The summed E-state index contributed by atoms with van der Waals surface area (Å²) >= 11 is 6.40. The molecule has 1 heterocycles. The summed E-state index contributed by atoms with van der Waals surface area (Å²) in [6, 6.07) is 14.1. The molecule has 0 saturated heterocycles. The van der Waals surface area contributed by atoms with E-state index in [2.05, 4.69) is 10.0 Å². The smallest absolute Gasteiger partial charge is 0.269 e. The molecular formula is C20H20ClN3O3S. The first-order chi connectivity index (χ1) is 13.4. The van der Waals surface area contributed by atoms with Gasteiger partial charge in [-0.1, -0.05) is 41.9 Å². The lowest BCUT2D eigenvalue weighted by molar-refractivity contribution is 0.0943. The zero-order valence-corrected chi connectivity index (χ0v) is 16.8. The van der Waals surface area contributed by atoms with Gasteiger partial charge in [0.25, 0.3) is 5.91 Å². The van der Waals surface area contributed by atoms with Crippen molar-refractivity contribution >= 4 is 38.4 Å². The van der Waals surface area contributed by atoms with Crippen molar-refractivity contribution in [3.63, 3.8) is 0 Å². The summed E-state index contributed by atoms with van der Waals surface area (Å²) in [6.07, 6.45) is 1.78. The van der Waals surface area contributed by atoms with Gasteiger partial charge >= 0.3 is 0 Å². The van der Waals surface area contributed by atoms with Gasteiger partial charge in [0.2, 0.25) is 10.0 Å². The molecule has 4 rings (SSSR count). The Morgan fingerprint density at radius 2 is 1.82 bits per heavy atom. The molecule has 2 aromatic carbocycles. The van der Waals surface area contributed by atoms with Gasteiger partial charge in [0.1, 0.15) is 5.69 Å². The summed E-state index contributed by atoms with van der Waals surface area (Å²) in [5, 5.41) is 4.10. The number of carbonyl (C=O) groups is 1. The maximum absolute atomic E-state index is 12.7. The fraction of sp³-hybridized carbons (Fsp3) is 0.250. The number of hydrogen-bond acceptors (Lipinski definition) is 3. The van der Waals surface area contributed by atoms with E-state index in [9.17, 15) is 13.2 Å². The molecule has 1 aliphatic carbocycles. The molecule has 0 atom stereocenters. The van der Waals surface area contributed by atoms with Crippen molar-refractivity contribution in [3.05, 3.63) is 64.8 Å². The van der Waals surface area contributed by atoms with Crippen LogP contribution < -0.4 is 10.0 Å². The van der Waals surface area contributed by atoms with Crippen molar-refractivity contribution in [1.29, 1.82) is 0 Å². The molecule has 0 aliphatic heterocycles. The number of para-hydroxylation sites is 1. The Morgan fingerprint density at radius 3 is 2.46 bits per heavy atom. The number of rotatable bonds is 6. The highest BCUT2D eigenvalue weighted by molar-refractivity contribution is 7.89. The Balaban J connectivity index is 1.47. The number of aryl methyl sites for hydroxylation is 1. The van der Waals surface area contributed by atoms with Crippen molar-refractivity contribution in [1.82, 2.24) is 14.6 Å². The Bertz CT molecular complexity index is 1110. The van der Waals surface area contributed by atoms with Crippen LogP contribution in [0.3, 0.4) is 0 Å². The van der Waals surface area contributed by atoms with Crippen LogP contribution in [0.15, 0.2) is 53.4 Å². The highest BCUT2D eigenvalue weighted by Crippen LogP contribution is 2.29. The highest BCUT2D eigenvalue weighted by atomic mass is 35.5. The monoisotopic (exact) mass is 417 g/mol. The van der Waals surface area contributed by atoms with Crippen molar-refractivity contribution in [2.24, 2.45) is 7.05 Å². The predicted octanol–water partition coefficient (Wildman–Crippen LogP) is 3.20. The molecule has 1 aromatic heterocycles. The number of nitrogens with zero attached hydrogens (tertiary/aromatic N) is 1. The molecule has 0 radical (unpaired) electrons. The van der Waals surface area contributed by atoms with Gasteiger partial charge in [-0.15, -0.1) is 0 Å². The second-order valence-corrected chi connectivity index (χ2v) is 9.05. The Hall–Kier alpha value is -2.35. The molecule has 28 heavy (non-hydrogen) atoms. The average molecular weight is 418 g/mol. The standard InChI is InChI=1S/C20H20ClN3O3S/c1-24-17-5-3-2-4-16(17)18(21)19(24)20(25)22-12-13-6-10-15(11-7-13)28(26,27)23-14-8-9-14/h2-7,10-11,14,23H,8-9,12H2,1H3,(H,22,25). The molecule has 0 spiro atoms. The molecule has 0 bridgehead atoms. The second-order valence-electron chi connectivity index (χ2n) is 6.96. The SMILES string of the molecule is Cn1c(C(=O)NCc2ccc(S(=O)(=O)NC3CC3)cc2)c(Cl)c2ccccc21. The van der Waals surface area contributed by atoms with Crippen molar-refractivity contribution in [3.8, 4) is 0 Å². The summed E-state index contributed by atoms with van der Waals surface area (Å²) in [7, 11) is -1.67. The van der Waals surface area contributed by atoms with Gasteiger partial charge in [0, 0.05) is 30.5 Å². The molecular weight excluding hydrogens is 398 g/mol. The minimum absolute atomic E-state index is 0.0644. The second kappa shape index (κ2) is 7.24. The number of benzene rings is 2. The topological polar surface area (TPSA) is 80.2 Å². The van der Waals surface area contributed by atoms with Gasteiger partial charge in [-0.05, 0) is 36.6 Å². The zero-order chi connectivity index (χ0) is 19.9. The fourth-order valence-electron chi connectivity index (χ4n) is 3.14. The summed E-state index contributed by atoms with van der Waals surface area (Å²) in [6.45, 7) is 0.271. The third-order valence-corrected chi connectivity index (χ3v) is 6.77. The molecule has 6 nitrogen and oxygen atoms in total. The van der Waals surface area contributed by atoms with Crippen LogP contribution in [0.4, 0.5) is 0 Å². The number of aromatic nitrogens is 1. The lowest BCUT2D eigenvalue weighted by Gasteiger charge is -2.09. The van der Waals surface area contributed by atoms with Gasteiger partial charge in [-0.3, -0.25) is 4.79 Å². The van der Waals surface area contributed by atoms with Crippen LogP contribution in [-0.2, 0) is 23.6 Å². The Morgan fingerprint density at radius 1 is 1.14 bits per heavy atom. The van der Waals surface area contributed by atoms with E-state index in [4.69, 9.17) is 11.6 Å². The summed E-state index contributed by atoms with van der Waals surface area (Å²) in [5.41, 5.74) is 2.08. The number of hydrogen-bond donors (Lipinski definition) is 2. The third kappa shape index (κ3) is 3.65. The highest BCUT2D eigenvalue weighted by Gasteiger charge is 2.27. The van der Waals surface area contributed by atoms with E-state index in [0.29, 0.717) is 10.7 Å². The van der Waals surface area contributed by atoms with E-state index in [1.165, 1.54) is 0 Å². The minimum Gasteiger partial charge on any atom is -0.347 e. The van der Waals surface area contributed by atoms with E-state index in [1.807, 2.05) is 24.3 Å². The van der Waals surface area contributed by atoms with E-state index in [1.54, 1.807) is 35.9 Å². The van der Waals surface area contributed by atoms with Gasteiger partial charge in [-0.25, -0.2) is 13.1 Å². The predicted molar refractivity (Wildman–Crippen MR) is 109 cm³/mol. The van der Waals surface area contributed by atoms with Gasteiger partial charge in [-0.2, -0.15) is 0 Å². The number of fused-ring (bicyclic) bond motifs is 1. The number of carbonyl (C=O) groups excluding carboxylic acids is 1. The number of nitrogens with one attached hydrogen (secondary N) is 2. The van der Waals surface area contributed by atoms with E-state index in [-0.39, 0.29) is 23.4 Å². The van der Waals surface area contributed by atoms with Gasteiger partial charge in [0.05, 0.1) is 9.92 Å². The normalized spacial score (nSPS) is 14.4. The van der Waals surface area contributed by atoms with Gasteiger partial charge in [0.15, 0.2) is 0 Å². The van der Waals surface area contributed by atoms with Crippen molar-refractivity contribution in [2.45, 2.75) is 30.3 Å². The minimum atomic E-state index is -3.47. The van der Waals surface area contributed by atoms with Crippen LogP contribution in [0.1, 0.15) is 28.9 Å². The largest absolute Gasteiger partial charge is 0.347 e. The number of halogens is 1. The van der Waals surface area contributed by atoms with E-state index < -0.39 is 10.0 Å². The zero-order valence-electron chi connectivity index (χ0n) is 15.3. The van der Waals surface area contributed by atoms with Crippen LogP contribution in [0.2, 0.25) is 5.02 Å². The average Bonchev–Trinajstić information content (AvgIpc) is 3.45. The van der Waals surface area contributed by atoms with Crippen LogP contribution >= 0.6 is 11.6 Å². The fourth-order valence-corrected chi connectivity index (χ4v) is 4.82. The summed E-state index contributed by atoms with van der Waals surface area (Å²) in [5.74, 6) is -0.282. The Kier molecular flexibility index (Phi) is 4.91. The molecule has 8 heteroatoms. The quantitative estimate of drug-likeness (QED) is 0.646. The maximum atomic E-state index is 12.7. The third-order valence-electron chi connectivity index (χ3n) is 4.85. The molecule has 1 aliphatic rings. The molecule has 1 fully saturated rings. The first kappa shape index (κ1) is 19.0. The lowest BCUT2D eigenvalue weighted by atomic mass is 10.2. The first-order valence-corrected chi connectivity index (χ1v) is 10.9. The Labute approximate surface area is 168 Å². The molecule has 146 valence electrons. The van der Waals surface area contributed by atoms with Crippen molar-refractivity contribution in [2.75, 3.05) is 0 Å². The van der Waals surface area contributed by atoms with Crippen LogP contribution in [-0.4, -0.2) is 24.9 Å². The molecule has 2 N–H and O–H groups in total. The van der Waals surface area contributed by atoms with E-state index in [0.717, 1.165) is 29.3 Å². The molecule has 1 saturated carbocycles. The molecule has 0 unspecified atom stereocenters. The number of sulfonamides is 1. The van der Waals surface area contributed by atoms with E-state index >= 15 is 0 Å². The van der Waals surface area contributed by atoms with Crippen LogP contribution in [0.5, 0.6) is 0 Å². The molecule has 1 amide bonds. The maximum Gasteiger partial charge on any atom is 0.269 e. The van der Waals surface area contributed by atoms with Gasteiger partial charge < -0.3 is 9.88 Å². The van der Waals surface area contributed by atoms with Crippen LogP contribution in [0.25, 0.3) is 10.9 Å². The lowest BCUT2D eigenvalue weighted by Crippen LogP contribution is -2.26. The first-order valence-electron chi connectivity index (χ1n) is 8.99. The van der Waals surface area contributed by atoms with Crippen LogP contribution in [0, 0.1) is 0 Å². The summed E-state index contributed by atoms with van der Waals surface area (Å²) in [4.78, 5) is 12.9. The summed E-state index contributed by atoms with van der Waals surface area (Å²) < 4.78 is 28.8. The number of amides is 1. The van der Waals surface area contributed by atoms with Crippen molar-refractivity contribution < 1.29 is 13.2 Å².